The van der Waals surface area contributed by atoms with Gasteiger partial charge in [-0.25, -0.2) is 4.98 Å². The smallest absolute Gasteiger partial charge is 0.125 e. The summed E-state index contributed by atoms with van der Waals surface area (Å²) < 4.78 is 2.04. The van der Waals surface area contributed by atoms with E-state index in [0.717, 1.165) is 36.5 Å². The minimum atomic E-state index is 0.159. The summed E-state index contributed by atoms with van der Waals surface area (Å²) in [5.74, 6) is 1.02. The lowest BCUT2D eigenvalue weighted by atomic mass is 10.1. The Morgan fingerprint density at radius 2 is 2.26 bits per heavy atom. The molecule has 102 valence electrons. The highest BCUT2D eigenvalue weighted by Crippen LogP contribution is 2.19. The second kappa shape index (κ2) is 6.33. The average Bonchev–Trinajstić information content (AvgIpc) is 2.83. The molecule has 5 nitrogen and oxygen atoms in total. The molecule has 0 spiro atoms. The Morgan fingerprint density at radius 3 is 2.89 bits per heavy atom. The third-order valence-electron chi connectivity index (χ3n) is 3.18. The van der Waals surface area contributed by atoms with Gasteiger partial charge >= 0.3 is 0 Å². The fourth-order valence-corrected chi connectivity index (χ4v) is 2.11. The number of hydrogen-bond donors (Lipinski definition) is 2. The van der Waals surface area contributed by atoms with E-state index in [4.69, 9.17) is 5.73 Å². The zero-order chi connectivity index (χ0) is 13.7. The molecule has 0 radical (unpaired) electrons. The van der Waals surface area contributed by atoms with Crippen LogP contribution in [0.5, 0.6) is 0 Å². The summed E-state index contributed by atoms with van der Waals surface area (Å²) in [7, 11) is 2.01. The maximum Gasteiger partial charge on any atom is 0.125 e. The SMILES string of the molecule is CCCNC(Cc1cnccc1N)c1nccn1C. The number of aryl methyl sites for hydroxylation is 1. The summed E-state index contributed by atoms with van der Waals surface area (Å²) in [6.45, 7) is 3.11. The second-order valence-corrected chi connectivity index (χ2v) is 4.68. The predicted octanol–water partition coefficient (Wildman–Crippen LogP) is 1.68. The van der Waals surface area contributed by atoms with E-state index in [9.17, 15) is 0 Å². The molecular formula is C14H21N5. The summed E-state index contributed by atoms with van der Waals surface area (Å²) in [4.78, 5) is 8.58. The van der Waals surface area contributed by atoms with Gasteiger partial charge in [-0.05, 0) is 31.0 Å². The molecule has 0 saturated carbocycles. The second-order valence-electron chi connectivity index (χ2n) is 4.68. The number of nitrogens with zero attached hydrogens (tertiary/aromatic N) is 3. The third-order valence-corrected chi connectivity index (χ3v) is 3.18. The number of hydrogen-bond acceptors (Lipinski definition) is 4. The first-order valence-electron chi connectivity index (χ1n) is 6.61. The van der Waals surface area contributed by atoms with Crippen molar-refractivity contribution < 1.29 is 0 Å². The lowest BCUT2D eigenvalue weighted by molar-refractivity contribution is 0.491. The van der Waals surface area contributed by atoms with Crippen molar-refractivity contribution in [1.82, 2.24) is 19.9 Å². The van der Waals surface area contributed by atoms with Crippen LogP contribution in [-0.2, 0) is 13.5 Å². The summed E-state index contributed by atoms with van der Waals surface area (Å²) in [5, 5.41) is 3.52. The van der Waals surface area contributed by atoms with E-state index in [1.165, 1.54) is 0 Å². The van der Waals surface area contributed by atoms with Crippen LogP contribution < -0.4 is 11.1 Å². The van der Waals surface area contributed by atoms with Gasteiger partial charge in [-0.1, -0.05) is 6.92 Å². The quantitative estimate of drug-likeness (QED) is 0.828. The molecule has 1 atom stereocenters. The molecule has 3 N–H and O–H groups in total. The standard InChI is InChI=1S/C14H21N5/c1-3-5-17-13(14-18-7-8-19(14)2)9-11-10-16-6-4-12(11)15/h4,6-8,10,13,17H,3,5,9H2,1-2H3,(H2,15,16). The molecule has 0 saturated heterocycles. The Kier molecular flexibility index (Phi) is 4.52. The van der Waals surface area contributed by atoms with Gasteiger partial charge in [0.1, 0.15) is 5.82 Å². The number of nitrogen functional groups attached to an aromatic ring is 1. The first-order valence-corrected chi connectivity index (χ1v) is 6.61. The Bertz CT molecular complexity index is 520. The first kappa shape index (κ1) is 13.5. The van der Waals surface area contributed by atoms with E-state index < -0.39 is 0 Å². The van der Waals surface area contributed by atoms with Crippen LogP contribution in [0.3, 0.4) is 0 Å². The molecule has 19 heavy (non-hydrogen) atoms. The number of nitrogens with one attached hydrogen (secondary N) is 1. The highest BCUT2D eigenvalue weighted by Gasteiger charge is 2.16. The van der Waals surface area contributed by atoms with Crippen molar-refractivity contribution in [3.8, 4) is 0 Å². The Balaban J connectivity index is 2.19. The van der Waals surface area contributed by atoms with E-state index in [1.54, 1.807) is 6.20 Å². The number of pyridine rings is 1. The number of nitrogens with two attached hydrogens (primary N) is 1. The normalized spacial score (nSPS) is 12.5. The van der Waals surface area contributed by atoms with Gasteiger partial charge in [0.05, 0.1) is 6.04 Å². The summed E-state index contributed by atoms with van der Waals surface area (Å²) in [6, 6.07) is 2.00. The molecule has 0 amide bonds. The van der Waals surface area contributed by atoms with E-state index >= 15 is 0 Å². The van der Waals surface area contributed by atoms with E-state index in [1.807, 2.05) is 36.3 Å². The van der Waals surface area contributed by atoms with Gasteiger partial charge < -0.3 is 15.6 Å². The van der Waals surface area contributed by atoms with Crippen molar-refractivity contribution in [2.45, 2.75) is 25.8 Å². The maximum absolute atomic E-state index is 5.99. The van der Waals surface area contributed by atoms with Crippen LogP contribution in [0, 0.1) is 0 Å². The van der Waals surface area contributed by atoms with Crippen LogP contribution in [-0.4, -0.2) is 21.1 Å². The van der Waals surface area contributed by atoms with E-state index in [0.29, 0.717) is 0 Å². The summed E-state index contributed by atoms with van der Waals surface area (Å²) in [6.07, 6.45) is 9.21. The number of anilines is 1. The number of aromatic nitrogens is 3. The lowest BCUT2D eigenvalue weighted by Crippen LogP contribution is -2.27. The van der Waals surface area contributed by atoms with Crippen LogP contribution >= 0.6 is 0 Å². The van der Waals surface area contributed by atoms with Crippen LogP contribution in [0.25, 0.3) is 0 Å². The molecule has 2 aromatic heterocycles. The van der Waals surface area contributed by atoms with Crippen molar-refractivity contribution >= 4 is 5.69 Å². The van der Waals surface area contributed by atoms with Crippen molar-refractivity contribution in [3.63, 3.8) is 0 Å². The molecule has 0 aromatic carbocycles. The summed E-state index contributed by atoms with van der Waals surface area (Å²) >= 11 is 0. The Hall–Kier alpha value is -1.88. The zero-order valence-electron chi connectivity index (χ0n) is 11.5. The van der Waals surface area contributed by atoms with Gasteiger partial charge in [-0.3, -0.25) is 4.98 Å². The molecule has 0 aliphatic rings. The molecule has 2 aromatic rings. The maximum atomic E-state index is 5.99. The zero-order valence-corrected chi connectivity index (χ0v) is 11.5. The predicted molar refractivity (Wildman–Crippen MR) is 76.6 cm³/mol. The van der Waals surface area contributed by atoms with E-state index in [-0.39, 0.29) is 6.04 Å². The number of rotatable bonds is 6. The fraction of sp³-hybridized carbons (Fsp3) is 0.429. The summed E-state index contributed by atoms with van der Waals surface area (Å²) in [5.41, 5.74) is 7.83. The largest absolute Gasteiger partial charge is 0.398 e. The van der Waals surface area contributed by atoms with Crippen molar-refractivity contribution in [2.24, 2.45) is 7.05 Å². The molecular weight excluding hydrogens is 238 g/mol. The highest BCUT2D eigenvalue weighted by atomic mass is 15.1. The molecule has 0 aliphatic carbocycles. The molecule has 1 unspecified atom stereocenters. The van der Waals surface area contributed by atoms with Gasteiger partial charge in [-0.15, -0.1) is 0 Å². The van der Waals surface area contributed by atoms with Crippen molar-refractivity contribution in [2.75, 3.05) is 12.3 Å². The molecule has 0 bridgehead atoms. The molecule has 2 heterocycles. The van der Waals surface area contributed by atoms with E-state index in [2.05, 4.69) is 22.2 Å². The molecule has 5 heteroatoms. The first-order chi connectivity index (χ1) is 9.22. The molecule has 0 fully saturated rings. The Morgan fingerprint density at radius 1 is 1.42 bits per heavy atom. The van der Waals surface area contributed by atoms with Gasteiger partial charge in [0.15, 0.2) is 0 Å². The monoisotopic (exact) mass is 259 g/mol. The Labute approximate surface area is 113 Å². The lowest BCUT2D eigenvalue weighted by Gasteiger charge is -2.19. The molecule has 2 rings (SSSR count). The van der Waals surface area contributed by atoms with Gasteiger partial charge in [0.2, 0.25) is 0 Å². The van der Waals surface area contributed by atoms with Gasteiger partial charge in [-0.2, -0.15) is 0 Å². The fourth-order valence-electron chi connectivity index (χ4n) is 2.11. The van der Waals surface area contributed by atoms with Crippen LogP contribution in [0.15, 0.2) is 30.9 Å². The average molecular weight is 259 g/mol. The highest BCUT2D eigenvalue weighted by molar-refractivity contribution is 5.44. The van der Waals surface area contributed by atoms with Gasteiger partial charge in [0, 0.05) is 37.5 Å². The third kappa shape index (κ3) is 3.32. The van der Waals surface area contributed by atoms with Crippen LogP contribution in [0.1, 0.15) is 30.8 Å². The topological polar surface area (TPSA) is 68.8 Å². The van der Waals surface area contributed by atoms with Crippen LogP contribution in [0.4, 0.5) is 5.69 Å². The van der Waals surface area contributed by atoms with Crippen molar-refractivity contribution in [3.05, 3.63) is 42.2 Å². The minimum Gasteiger partial charge on any atom is -0.398 e. The van der Waals surface area contributed by atoms with Crippen LogP contribution in [0.2, 0.25) is 0 Å². The number of imidazole rings is 1. The molecule has 0 aliphatic heterocycles. The van der Waals surface area contributed by atoms with Crippen molar-refractivity contribution in [1.29, 1.82) is 0 Å². The minimum absolute atomic E-state index is 0.159. The van der Waals surface area contributed by atoms with Gasteiger partial charge in [0.25, 0.3) is 0 Å².